The van der Waals surface area contributed by atoms with E-state index in [0.717, 1.165) is 21.5 Å². The van der Waals surface area contributed by atoms with Crippen LogP contribution in [0.3, 0.4) is 0 Å². The van der Waals surface area contributed by atoms with E-state index in [1.165, 1.54) is 43.0 Å². The lowest BCUT2D eigenvalue weighted by Crippen LogP contribution is -2.23. The highest BCUT2D eigenvalue weighted by Crippen LogP contribution is 2.44. The second-order valence-electron chi connectivity index (χ2n) is 10.9. The number of hydrogen-bond acceptors (Lipinski definition) is 0. The van der Waals surface area contributed by atoms with Gasteiger partial charge < -0.3 is 0 Å². The molecule has 0 amide bonds. The highest BCUT2D eigenvalue weighted by atomic mass is 35.5. The average molecular weight is 665 g/mol. The molecule has 0 aliphatic heterocycles. The molecule has 1 atom stereocenters. The maximum Gasteiger partial charge on any atom is 0.0562 e. The van der Waals surface area contributed by atoms with E-state index < -0.39 is 15.8 Å². The lowest BCUT2D eigenvalue weighted by Gasteiger charge is -2.26. The molecular weight excluding hydrogens is 633 g/mol. The molecule has 7 aromatic rings. The Morgan fingerprint density at radius 1 is 0.348 bits per heavy atom. The van der Waals surface area contributed by atoms with Crippen LogP contribution in [0.2, 0.25) is 5.02 Å². The summed E-state index contributed by atoms with van der Waals surface area (Å²) >= 11 is 7.41. The van der Waals surface area contributed by atoms with Gasteiger partial charge in [0, 0.05) is 5.56 Å². The maximum absolute atomic E-state index is 7.41. The summed E-state index contributed by atoms with van der Waals surface area (Å²) in [6.45, 7) is 0. The highest BCUT2D eigenvalue weighted by molar-refractivity contribution is 7.80. The van der Waals surface area contributed by atoms with Gasteiger partial charge >= 0.3 is 0 Å². The predicted molar refractivity (Wildman–Crippen MR) is 209 cm³/mol. The first kappa shape index (κ1) is 30.8. The molecule has 0 saturated heterocycles. The summed E-state index contributed by atoms with van der Waals surface area (Å²) in [6, 6.07) is 65.8. The van der Waals surface area contributed by atoms with Crippen molar-refractivity contribution in [2.75, 3.05) is 0 Å². The molecule has 0 N–H and O–H groups in total. The van der Waals surface area contributed by atoms with Crippen molar-refractivity contribution < 1.29 is 0 Å². The number of hydrogen-bond donors (Lipinski definition) is 0. The van der Waals surface area contributed by atoms with Crippen molar-refractivity contribution in [3.63, 3.8) is 0 Å². The maximum atomic E-state index is 7.41. The molecule has 222 valence electrons. The van der Waals surface area contributed by atoms with Crippen LogP contribution in [0.15, 0.2) is 182 Å². The van der Waals surface area contributed by atoms with Gasteiger partial charge in [-0.25, -0.2) is 0 Å². The van der Waals surface area contributed by atoms with E-state index in [4.69, 9.17) is 11.6 Å². The van der Waals surface area contributed by atoms with Gasteiger partial charge in [-0.05, 0) is 69.7 Å². The first-order valence-electron chi connectivity index (χ1n) is 15.3. The lowest BCUT2D eigenvalue weighted by atomic mass is 9.94. The Bertz CT molecular complexity index is 1990. The van der Waals surface area contributed by atoms with Gasteiger partial charge in [0.05, 0.1) is 5.02 Å². The van der Waals surface area contributed by atoms with Crippen LogP contribution >= 0.6 is 36.7 Å². The zero-order chi connectivity index (χ0) is 31.3. The number of benzene rings is 7. The van der Waals surface area contributed by atoms with Crippen LogP contribution < -0.4 is 37.1 Å². The fraction of sp³-hybridized carbons (Fsp3) is 0. The van der Waals surface area contributed by atoms with Crippen LogP contribution in [-0.2, 0) is 0 Å². The summed E-state index contributed by atoms with van der Waals surface area (Å²) in [5, 5.41) is 9.64. The molecule has 7 rings (SSSR count). The van der Waals surface area contributed by atoms with Crippen molar-refractivity contribution in [1.82, 2.24) is 0 Å². The Morgan fingerprint density at radius 3 is 1.13 bits per heavy atom. The van der Waals surface area contributed by atoms with Crippen LogP contribution in [0, 0.1) is 0 Å². The minimum atomic E-state index is -0.847. The van der Waals surface area contributed by atoms with E-state index >= 15 is 0 Å². The molecule has 1 unspecified atom stereocenters. The van der Waals surface area contributed by atoms with Crippen molar-refractivity contribution in [1.29, 1.82) is 0 Å². The molecule has 0 nitrogen and oxygen atoms in total. The second kappa shape index (κ2) is 14.3. The number of halogens is 1. The molecule has 0 saturated carbocycles. The van der Waals surface area contributed by atoms with Crippen LogP contribution in [0.4, 0.5) is 0 Å². The van der Waals surface area contributed by atoms with Crippen LogP contribution in [0.5, 0.6) is 0 Å². The molecule has 0 radical (unpaired) electrons. The first-order chi connectivity index (χ1) is 22.7. The minimum absolute atomic E-state index is 0.768. The van der Waals surface area contributed by atoms with Crippen molar-refractivity contribution >= 4 is 73.8 Å². The van der Waals surface area contributed by atoms with E-state index in [1.807, 2.05) is 0 Å². The standard InChI is InChI=1S/C42H32ClP3/c43-42-38(44)30-29-36(35-25-13-15-27-39(35)45(31-17-5-1-6-18-31)32-19-7-2-8-20-32)41(42)37-26-14-16-28-40(37)46(33-21-9-3-10-22-33)34-23-11-4-12-24-34/h1-30H,44H2. The summed E-state index contributed by atoms with van der Waals surface area (Å²) < 4.78 is 0. The Morgan fingerprint density at radius 2 is 0.696 bits per heavy atom. The van der Waals surface area contributed by atoms with E-state index in [-0.39, 0.29) is 0 Å². The molecule has 7 aromatic carbocycles. The molecule has 0 bridgehead atoms. The summed E-state index contributed by atoms with van der Waals surface area (Å²) in [5.74, 6) is 0. The van der Waals surface area contributed by atoms with E-state index in [1.54, 1.807) is 0 Å². The summed E-state index contributed by atoms with van der Waals surface area (Å²) in [6.07, 6.45) is 0. The molecule has 0 spiro atoms. The zero-order valence-electron chi connectivity index (χ0n) is 25.2. The van der Waals surface area contributed by atoms with E-state index in [9.17, 15) is 0 Å². The molecule has 0 fully saturated rings. The Kier molecular flexibility index (Phi) is 9.54. The summed E-state index contributed by atoms with van der Waals surface area (Å²) in [5.41, 5.74) is 4.60. The summed E-state index contributed by atoms with van der Waals surface area (Å²) in [7, 11) is 1.19. The van der Waals surface area contributed by atoms with Crippen LogP contribution in [-0.4, -0.2) is 0 Å². The van der Waals surface area contributed by atoms with Crippen LogP contribution in [0.25, 0.3) is 22.3 Å². The predicted octanol–water partition coefficient (Wildman–Crippen LogP) is 8.69. The third-order valence-corrected chi connectivity index (χ3v) is 14.2. The van der Waals surface area contributed by atoms with Crippen LogP contribution in [0.1, 0.15) is 0 Å². The topological polar surface area (TPSA) is 0 Å². The molecule has 46 heavy (non-hydrogen) atoms. The third kappa shape index (κ3) is 6.25. The normalized spacial score (nSPS) is 11.2. The molecular formula is C42H32ClP3. The largest absolute Gasteiger partial charge is 0.104 e. The Hall–Kier alpha value is -3.88. The lowest BCUT2D eigenvalue weighted by molar-refractivity contribution is 1.63. The van der Waals surface area contributed by atoms with E-state index in [0.29, 0.717) is 0 Å². The minimum Gasteiger partial charge on any atom is -0.104 e. The Labute approximate surface area is 281 Å². The smallest absolute Gasteiger partial charge is 0.0562 e. The van der Waals surface area contributed by atoms with Gasteiger partial charge in [0.2, 0.25) is 0 Å². The van der Waals surface area contributed by atoms with Gasteiger partial charge in [0.15, 0.2) is 0 Å². The van der Waals surface area contributed by atoms with Crippen molar-refractivity contribution in [3.05, 3.63) is 187 Å². The molecule has 0 aromatic heterocycles. The van der Waals surface area contributed by atoms with E-state index in [2.05, 4.69) is 191 Å². The monoisotopic (exact) mass is 664 g/mol. The molecule has 0 aliphatic rings. The second-order valence-corrected chi connectivity index (χ2v) is 16.3. The van der Waals surface area contributed by atoms with Crippen molar-refractivity contribution in [3.8, 4) is 22.3 Å². The highest BCUT2D eigenvalue weighted by Gasteiger charge is 2.26. The zero-order valence-corrected chi connectivity index (χ0v) is 28.9. The van der Waals surface area contributed by atoms with Gasteiger partial charge in [-0.15, -0.1) is 9.24 Å². The fourth-order valence-corrected chi connectivity index (χ4v) is 11.4. The van der Waals surface area contributed by atoms with Gasteiger partial charge in [-0.3, -0.25) is 0 Å². The quantitative estimate of drug-likeness (QED) is 0.143. The molecule has 0 heterocycles. The van der Waals surface area contributed by atoms with Gasteiger partial charge in [0.25, 0.3) is 0 Å². The van der Waals surface area contributed by atoms with Gasteiger partial charge in [0.1, 0.15) is 0 Å². The fourth-order valence-electron chi connectivity index (χ4n) is 6.02. The van der Waals surface area contributed by atoms with Gasteiger partial charge in [-0.1, -0.05) is 194 Å². The summed E-state index contributed by atoms with van der Waals surface area (Å²) in [4.78, 5) is 0. The number of rotatable bonds is 8. The van der Waals surface area contributed by atoms with Crippen molar-refractivity contribution in [2.45, 2.75) is 0 Å². The molecule has 4 heteroatoms. The van der Waals surface area contributed by atoms with Gasteiger partial charge in [-0.2, -0.15) is 0 Å². The SMILES string of the molecule is Pc1ccc(-c2ccccc2P(c2ccccc2)c2ccccc2)c(-c2ccccc2P(c2ccccc2)c2ccccc2)c1Cl. The molecule has 0 aliphatic carbocycles. The average Bonchev–Trinajstić information content (AvgIpc) is 3.12. The Balaban J connectivity index is 1.49. The first-order valence-corrected chi connectivity index (χ1v) is 18.9. The van der Waals surface area contributed by atoms with Crippen molar-refractivity contribution in [2.24, 2.45) is 0 Å². The third-order valence-electron chi connectivity index (χ3n) is 8.08.